The van der Waals surface area contributed by atoms with Gasteiger partial charge < -0.3 is 64.5 Å². The van der Waals surface area contributed by atoms with Crippen molar-refractivity contribution in [2.75, 3.05) is 6.61 Å². The van der Waals surface area contributed by atoms with Gasteiger partial charge in [-0.25, -0.2) is 0 Å². The zero-order chi connectivity index (χ0) is 29.6. The highest BCUT2D eigenvalue weighted by molar-refractivity contribution is 6.02. The zero-order valence-electron chi connectivity index (χ0n) is 21.8. The SMILES string of the molecule is CC1O[C@@H](O[C@@H]2C(O)C(O)C(CO)O[C@H]2Oc2cc(O)c3c(c2)OC(c2ccc(O)cc2)CC3=O)C(O)C(O)C1O. The predicted molar refractivity (Wildman–Crippen MR) is 134 cm³/mol. The number of phenolic OH excluding ortho intramolecular Hbond substituents is 2. The van der Waals surface area contributed by atoms with Gasteiger partial charge in [-0.1, -0.05) is 12.1 Å². The molecule has 41 heavy (non-hydrogen) atoms. The van der Waals surface area contributed by atoms with Crippen molar-refractivity contribution in [3.05, 3.63) is 47.5 Å². The van der Waals surface area contributed by atoms with Crippen molar-refractivity contribution in [3.63, 3.8) is 0 Å². The minimum atomic E-state index is -1.75. The average molecular weight is 581 g/mol. The van der Waals surface area contributed by atoms with E-state index in [0.717, 1.165) is 6.07 Å². The Balaban J connectivity index is 1.41. The fourth-order valence-corrected chi connectivity index (χ4v) is 5.07. The van der Waals surface area contributed by atoms with Crippen LogP contribution in [-0.2, 0) is 14.2 Å². The van der Waals surface area contributed by atoms with Gasteiger partial charge in [-0.2, -0.15) is 0 Å². The second-order valence-corrected chi connectivity index (χ2v) is 10.2. The number of carbonyl (C=O) groups is 1. The standard InChI is InChI=1S/C27H32O14/c1-10-20(32)22(34)24(36)26(37-10)41-25-23(35)21(33)18(9-28)40-27(25)38-13-6-14(30)19-15(31)8-16(39-17(19)7-13)11-2-4-12(29)5-3-11/h2-7,10,16,18,20-30,32-36H,8-9H2,1H3/t10?,16?,18?,20?,21?,22?,23?,24?,25-,26+,27-/m1/s1. The number of rotatable bonds is 6. The zero-order valence-corrected chi connectivity index (χ0v) is 21.8. The van der Waals surface area contributed by atoms with Crippen LogP contribution >= 0.6 is 0 Å². The molecule has 0 radical (unpaired) electrons. The van der Waals surface area contributed by atoms with Crippen LogP contribution in [0.25, 0.3) is 0 Å². The van der Waals surface area contributed by atoms with Crippen LogP contribution in [0.1, 0.15) is 35.4 Å². The predicted octanol–water partition coefficient (Wildman–Crippen LogP) is -1.17. The smallest absolute Gasteiger partial charge is 0.229 e. The van der Waals surface area contributed by atoms with Gasteiger partial charge in [0.05, 0.1) is 19.1 Å². The molecule has 2 aromatic rings. The van der Waals surface area contributed by atoms with E-state index in [-0.39, 0.29) is 29.2 Å². The highest BCUT2D eigenvalue weighted by atomic mass is 16.8. The Hall–Kier alpha value is -3.05. The monoisotopic (exact) mass is 580 g/mol. The molecule has 14 heteroatoms. The Labute approximate surface area is 233 Å². The molecule has 0 bridgehead atoms. The van der Waals surface area contributed by atoms with Crippen molar-refractivity contribution in [3.8, 4) is 23.0 Å². The van der Waals surface area contributed by atoms with Crippen molar-refractivity contribution in [2.45, 2.75) is 80.9 Å². The summed E-state index contributed by atoms with van der Waals surface area (Å²) >= 11 is 0. The lowest BCUT2D eigenvalue weighted by atomic mass is 9.95. The Morgan fingerprint density at radius 2 is 1.59 bits per heavy atom. The third-order valence-electron chi connectivity index (χ3n) is 7.42. The van der Waals surface area contributed by atoms with Crippen LogP contribution in [0, 0.1) is 0 Å². The molecule has 3 heterocycles. The highest BCUT2D eigenvalue weighted by Gasteiger charge is 2.51. The van der Waals surface area contributed by atoms with Crippen molar-refractivity contribution < 1.29 is 69.3 Å². The number of phenols is 2. The minimum Gasteiger partial charge on any atom is -0.508 e. The second kappa shape index (κ2) is 11.7. The van der Waals surface area contributed by atoms with E-state index in [4.69, 9.17) is 23.7 Å². The summed E-state index contributed by atoms with van der Waals surface area (Å²) in [6.07, 6.45) is -16.0. The van der Waals surface area contributed by atoms with Gasteiger partial charge in [0.1, 0.15) is 71.3 Å². The number of benzene rings is 2. The summed E-state index contributed by atoms with van der Waals surface area (Å²) in [6, 6.07) is 8.50. The summed E-state index contributed by atoms with van der Waals surface area (Å²) in [5.41, 5.74) is 0.529. The Kier molecular flexibility index (Phi) is 8.39. The van der Waals surface area contributed by atoms with E-state index in [9.17, 15) is 45.6 Å². The molecule has 2 fully saturated rings. The second-order valence-electron chi connectivity index (χ2n) is 10.2. The molecule has 0 spiro atoms. The average Bonchev–Trinajstić information content (AvgIpc) is 2.94. The van der Waals surface area contributed by atoms with Gasteiger partial charge in [-0.3, -0.25) is 4.79 Å². The molecule has 3 aliphatic heterocycles. The van der Waals surface area contributed by atoms with Gasteiger partial charge >= 0.3 is 0 Å². The number of aromatic hydroxyl groups is 2. The van der Waals surface area contributed by atoms with E-state index < -0.39 is 85.7 Å². The number of hydrogen-bond acceptors (Lipinski definition) is 14. The van der Waals surface area contributed by atoms with Crippen LogP contribution in [0.2, 0.25) is 0 Å². The summed E-state index contributed by atoms with van der Waals surface area (Å²) < 4.78 is 28.6. The van der Waals surface area contributed by atoms with Gasteiger partial charge in [0.2, 0.25) is 6.29 Å². The third-order valence-corrected chi connectivity index (χ3v) is 7.42. The first kappa shape index (κ1) is 29.4. The maximum atomic E-state index is 12.9. The summed E-state index contributed by atoms with van der Waals surface area (Å²) in [6.45, 7) is 0.716. The first-order chi connectivity index (χ1) is 19.5. The van der Waals surface area contributed by atoms with Gasteiger partial charge in [0, 0.05) is 12.1 Å². The first-order valence-corrected chi connectivity index (χ1v) is 13.0. The topological polar surface area (TPSA) is 225 Å². The van der Waals surface area contributed by atoms with Gasteiger partial charge in [-0.05, 0) is 24.6 Å². The molecule has 2 saturated heterocycles. The molecular formula is C27H32O14. The van der Waals surface area contributed by atoms with Crippen molar-refractivity contribution in [2.24, 2.45) is 0 Å². The minimum absolute atomic E-state index is 0.0149. The number of aliphatic hydroxyl groups excluding tert-OH is 6. The highest BCUT2D eigenvalue weighted by Crippen LogP contribution is 2.43. The number of carbonyl (C=O) groups excluding carboxylic acids is 1. The number of fused-ring (bicyclic) bond motifs is 1. The van der Waals surface area contributed by atoms with Gasteiger partial charge in [-0.15, -0.1) is 0 Å². The lowest BCUT2D eigenvalue weighted by Gasteiger charge is -2.45. The summed E-state index contributed by atoms with van der Waals surface area (Å²) in [7, 11) is 0. The molecule has 5 rings (SSSR count). The fraction of sp³-hybridized carbons (Fsp3) is 0.519. The third kappa shape index (κ3) is 5.70. The van der Waals surface area contributed by atoms with Crippen LogP contribution in [-0.4, -0.2) is 115 Å². The van der Waals surface area contributed by atoms with Crippen molar-refractivity contribution in [1.82, 2.24) is 0 Å². The van der Waals surface area contributed by atoms with E-state index in [2.05, 4.69) is 0 Å². The molecule has 2 aromatic carbocycles. The molecule has 8 N–H and O–H groups in total. The molecule has 0 amide bonds. The van der Waals surface area contributed by atoms with Crippen LogP contribution < -0.4 is 9.47 Å². The molecule has 14 nitrogen and oxygen atoms in total. The molecule has 224 valence electrons. The number of Topliss-reactive ketones (excluding diaryl/α,β-unsaturated/α-hetero) is 1. The van der Waals surface area contributed by atoms with Crippen LogP contribution in [0.3, 0.4) is 0 Å². The largest absolute Gasteiger partial charge is 0.508 e. The maximum absolute atomic E-state index is 12.9. The summed E-state index contributed by atoms with van der Waals surface area (Å²) in [4.78, 5) is 12.9. The Morgan fingerprint density at radius 3 is 2.27 bits per heavy atom. The number of hydrogen-bond donors (Lipinski definition) is 8. The molecule has 0 aliphatic carbocycles. The van der Waals surface area contributed by atoms with Crippen LogP contribution in [0.5, 0.6) is 23.0 Å². The lowest BCUT2D eigenvalue weighted by Crippen LogP contribution is -2.64. The molecule has 11 atom stereocenters. The number of ether oxygens (including phenoxy) is 5. The Bertz CT molecular complexity index is 1240. The van der Waals surface area contributed by atoms with Crippen molar-refractivity contribution >= 4 is 5.78 Å². The van der Waals surface area contributed by atoms with E-state index >= 15 is 0 Å². The molecule has 8 unspecified atom stereocenters. The molecule has 3 aliphatic rings. The number of aliphatic hydroxyl groups is 6. The summed E-state index contributed by atoms with van der Waals surface area (Å²) in [5, 5.41) is 81.6. The van der Waals surface area contributed by atoms with Crippen LogP contribution in [0.4, 0.5) is 0 Å². The molecule has 0 aromatic heterocycles. The fourth-order valence-electron chi connectivity index (χ4n) is 5.07. The van der Waals surface area contributed by atoms with Crippen molar-refractivity contribution in [1.29, 1.82) is 0 Å². The van der Waals surface area contributed by atoms with Crippen LogP contribution in [0.15, 0.2) is 36.4 Å². The quantitative estimate of drug-likeness (QED) is 0.202. The number of ketones is 1. The normalized spacial score (nSPS) is 37.2. The summed E-state index contributed by atoms with van der Waals surface area (Å²) in [5.74, 6) is -0.947. The van der Waals surface area contributed by atoms with Gasteiger partial charge in [0.25, 0.3) is 0 Å². The van der Waals surface area contributed by atoms with E-state index in [1.165, 1.54) is 25.1 Å². The lowest BCUT2D eigenvalue weighted by molar-refractivity contribution is -0.354. The maximum Gasteiger partial charge on any atom is 0.229 e. The van der Waals surface area contributed by atoms with E-state index in [1.54, 1.807) is 12.1 Å². The van der Waals surface area contributed by atoms with E-state index in [0.29, 0.717) is 5.56 Å². The molecular weight excluding hydrogens is 548 g/mol. The Morgan fingerprint density at radius 1 is 0.878 bits per heavy atom. The van der Waals surface area contributed by atoms with E-state index in [1.807, 2.05) is 0 Å². The van der Waals surface area contributed by atoms with Gasteiger partial charge in [0.15, 0.2) is 18.2 Å². The molecule has 0 saturated carbocycles. The first-order valence-electron chi connectivity index (χ1n) is 13.0.